The first-order valence-electron chi connectivity index (χ1n) is 11.0. The molecule has 0 aliphatic carbocycles. The molecule has 2 heterocycles. The number of carboxylic acid groups (broad SMARTS) is 1. The summed E-state index contributed by atoms with van der Waals surface area (Å²) in [6.07, 6.45) is 3.88. The van der Waals surface area contributed by atoms with E-state index in [4.69, 9.17) is 21.4 Å². The molecule has 0 fully saturated rings. The Labute approximate surface area is 197 Å². The number of ketones is 1. The minimum absolute atomic E-state index is 0.0593. The molecule has 8 heteroatoms. The molecule has 1 N–H and O–H groups in total. The summed E-state index contributed by atoms with van der Waals surface area (Å²) in [7, 11) is 1.88. The van der Waals surface area contributed by atoms with Gasteiger partial charge in [0.2, 0.25) is 0 Å². The Morgan fingerprint density at radius 3 is 2.64 bits per heavy atom. The van der Waals surface area contributed by atoms with Crippen molar-refractivity contribution >= 4 is 34.4 Å². The van der Waals surface area contributed by atoms with Gasteiger partial charge in [0.15, 0.2) is 5.78 Å². The number of aryl methyl sites for hydroxylation is 1. The SMILES string of the molecule is C[C@@H](CC(=O)O)CC(=O)c1c(CCCCOCc2ccc(F)cc2)n(C)c2ncc(Cl)cc12. The molecular weight excluding hydrogens is 447 g/mol. The van der Waals surface area contributed by atoms with Gasteiger partial charge in [-0.15, -0.1) is 0 Å². The Balaban J connectivity index is 1.67. The third-order valence-corrected chi connectivity index (χ3v) is 5.79. The second-order valence-electron chi connectivity index (χ2n) is 8.37. The zero-order chi connectivity index (χ0) is 24.0. The number of Topliss-reactive ketones (excluding diaryl/α,β-unsaturated/α-hetero) is 1. The molecule has 0 saturated heterocycles. The molecule has 3 rings (SSSR count). The fourth-order valence-electron chi connectivity index (χ4n) is 3.99. The summed E-state index contributed by atoms with van der Waals surface area (Å²) >= 11 is 6.15. The predicted molar refractivity (Wildman–Crippen MR) is 125 cm³/mol. The van der Waals surface area contributed by atoms with Crippen molar-refractivity contribution in [3.63, 3.8) is 0 Å². The van der Waals surface area contributed by atoms with Crippen LogP contribution in [0.15, 0.2) is 36.5 Å². The molecule has 0 bridgehead atoms. The zero-order valence-corrected chi connectivity index (χ0v) is 19.6. The van der Waals surface area contributed by atoms with Gasteiger partial charge < -0.3 is 14.4 Å². The highest BCUT2D eigenvalue weighted by atomic mass is 35.5. The van der Waals surface area contributed by atoms with E-state index in [0.29, 0.717) is 41.3 Å². The number of carboxylic acids is 1. The lowest BCUT2D eigenvalue weighted by atomic mass is 9.94. The van der Waals surface area contributed by atoms with Crippen molar-refractivity contribution in [2.75, 3.05) is 6.61 Å². The maximum atomic E-state index is 13.2. The fraction of sp³-hybridized carbons (Fsp3) is 0.400. The van der Waals surface area contributed by atoms with E-state index in [-0.39, 0.29) is 30.4 Å². The van der Waals surface area contributed by atoms with Crippen LogP contribution < -0.4 is 0 Å². The van der Waals surface area contributed by atoms with E-state index in [9.17, 15) is 14.0 Å². The van der Waals surface area contributed by atoms with E-state index in [0.717, 1.165) is 24.1 Å². The number of ether oxygens (including phenoxy) is 1. The Kier molecular flexibility index (Phi) is 8.58. The van der Waals surface area contributed by atoms with Gasteiger partial charge in [0, 0.05) is 49.3 Å². The van der Waals surface area contributed by atoms with Crippen LogP contribution in [0.2, 0.25) is 5.02 Å². The number of rotatable bonds is 12. The normalized spacial score (nSPS) is 12.2. The fourth-order valence-corrected chi connectivity index (χ4v) is 4.15. The Bertz CT molecular complexity index is 1130. The van der Waals surface area contributed by atoms with Gasteiger partial charge in [-0.25, -0.2) is 9.37 Å². The number of halogens is 2. The van der Waals surface area contributed by atoms with E-state index in [1.807, 2.05) is 11.6 Å². The quantitative estimate of drug-likeness (QED) is 0.273. The molecule has 2 aromatic heterocycles. The highest BCUT2D eigenvalue weighted by Crippen LogP contribution is 2.30. The summed E-state index contributed by atoms with van der Waals surface area (Å²) in [5, 5.41) is 10.2. The number of hydrogen-bond acceptors (Lipinski definition) is 4. The molecule has 1 atom stereocenters. The Morgan fingerprint density at radius 2 is 1.94 bits per heavy atom. The first kappa shape index (κ1) is 24.9. The number of aliphatic carboxylic acids is 1. The number of nitrogens with zero attached hydrogens (tertiary/aromatic N) is 2. The van der Waals surface area contributed by atoms with Crippen LogP contribution in [0.3, 0.4) is 0 Å². The lowest BCUT2D eigenvalue weighted by Gasteiger charge is -2.11. The van der Waals surface area contributed by atoms with Crippen LogP contribution in [0.5, 0.6) is 0 Å². The number of pyridine rings is 1. The smallest absolute Gasteiger partial charge is 0.303 e. The Hall–Kier alpha value is -2.77. The summed E-state index contributed by atoms with van der Waals surface area (Å²) in [5.41, 5.74) is 3.03. The topological polar surface area (TPSA) is 81.4 Å². The van der Waals surface area contributed by atoms with Gasteiger partial charge in [0.05, 0.1) is 11.6 Å². The highest BCUT2D eigenvalue weighted by Gasteiger charge is 2.24. The predicted octanol–water partition coefficient (Wildman–Crippen LogP) is 5.59. The summed E-state index contributed by atoms with van der Waals surface area (Å²) in [4.78, 5) is 28.6. The van der Waals surface area contributed by atoms with Gasteiger partial charge in [0.25, 0.3) is 0 Å². The largest absolute Gasteiger partial charge is 0.481 e. The lowest BCUT2D eigenvalue weighted by molar-refractivity contribution is -0.137. The number of unbranched alkanes of at least 4 members (excludes halogenated alkanes) is 1. The van der Waals surface area contributed by atoms with E-state index in [1.54, 1.807) is 31.3 Å². The third-order valence-electron chi connectivity index (χ3n) is 5.58. The standard InChI is InChI=1S/C25H28ClFN2O4/c1-16(12-23(31)32)11-22(30)24-20-13-18(26)14-28-25(20)29(2)21(24)5-3-4-10-33-15-17-6-8-19(27)9-7-17/h6-9,13-14,16H,3-5,10-12,15H2,1-2H3,(H,31,32)/t16-/m1/s1. The van der Waals surface area contributed by atoms with Crippen LogP contribution in [0.1, 0.15) is 54.2 Å². The summed E-state index contributed by atoms with van der Waals surface area (Å²) in [5.74, 6) is -1.56. The number of aromatic nitrogens is 2. The maximum absolute atomic E-state index is 13.2. The first-order chi connectivity index (χ1) is 15.8. The molecule has 0 unspecified atom stereocenters. The summed E-state index contributed by atoms with van der Waals surface area (Å²) in [6.45, 7) is 2.73. The number of carbonyl (C=O) groups is 2. The van der Waals surface area contributed by atoms with E-state index < -0.39 is 5.97 Å². The number of benzene rings is 1. The maximum Gasteiger partial charge on any atom is 0.303 e. The molecule has 33 heavy (non-hydrogen) atoms. The van der Waals surface area contributed by atoms with Crippen LogP contribution in [-0.4, -0.2) is 33.0 Å². The minimum atomic E-state index is -0.918. The molecule has 3 aromatic rings. The lowest BCUT2D eigenvalue weighted by Crippen LogP contribution is -2.12. The Morgan fingerprint density at radius 1 is 1.21 bits per heavy atom. The van der Waals surface area contributed by atoms with Gasteiger partial charge in [-0.3, -0.25) is 9.59 Å². The summed E-state index contributed by atoms with van der Waals surface area (Å²) in [6, 6.07) is 7.97. The van der Waals surface area contributed by atoms with Crippen molar-refractivity contribution in [1.82, 2.24) is 9.55 Å². The minimum Gasteiger partial charge on any atom is -0.481 e. The molecule has 1 aromatic carbocycles. The molecule has 0 saturated carbocycles. The third kappa shape index (κ3) is 6.62. The van der Waals surface area contributed by atoms with Crippen molar-refractivity contribution in [3.05, 3.63) is 64.2 Å². The van der Waals surface area contributed by atoms with Crippen LogP contribution >= 0.6 is 11.6 Å². The molecular formula is C25H28ClFN2O4. The number of hydrogen-bond donors (Lipinski definition) is 1. The molecule has 176 valence electrons. The first-order valence-corrected chi connectivity index (χ1v) is 11.3. The van der Waals surface area contributed by atoms with Gasteiger partial charge >= 0.3 is 5.97 Å². The molecule has 0 spiro atoms. The number of fused-ring (bicyclic) bond motifs is 1. The molecule has 6 nitrogen and oxygen atoms in total. The van der Waals surface area contributed by atoms with E-state index >= 15 is 0 Å². The van der Waals surface area contributed by atoms with Crippen molar-refractivity contribution in [2.24, 2.45) is 13.0 Å². The zero-order valence-electron chi connectivity index (χ0n) is 18.8. The van der Waals surface area contributed by atoms with E-state index in [2.05, 4.69) is 4.98 Å². The average molecular weight is 475 g/mol. The van der Waals surface area contributed by atoms with Gasteiger partial charge in [0.1, 0.15) is 11.5 Å². The average Bonchev–Trinajstić information content (AvgIpc) is 3.02. The van der Waals surface area contributed by atoms with Crippen molar-refractivity contribution < 1.29 is 23.8 Å². The van der Waals surface area contributed by atoms with Crippen molar-refractivity contribution in [2.45, 2.75) is 45.6 Å². The van der Waals surface area contributed by atoms with Crippen LogP contribution in [0.25, 0.3) is 11.0 Å². The second-order valence-corrected chi connectivity index (χ2v) is 8.81. The highest BCUT2D eigenvalue weighted by molar-refractivity contribution is 6.31. The molecule has 0 aliphatic heterocycles. The van der Waals surface area contributed by atoms with Crippen molar-refractivity contribution in [3.8, 4) is 0 Å². The van der Waals surface area contributed by atoms with Crippen LogP contribution in [-0.2, 0) is 29.6 Å². The van der Waals surface area contributed by atoms with E-state index in [1.165, 1.54) is 12.1 Å². The van der Waals surface area contributed by atoms with Crippen LogP contribution in [0.4, 0.5) is 4.39 Å². The molecule has 0 aliphatic rings. The van der Waals surface area contributed by atoms with Crippen LogP contribution in [0, 0.1) is 11.7 Å². The van der Waals surface area contributed by atoms with Crippen molar-refractivity contribution in [1.29, 1.82) is 0 Å². The van der Waals surface area contributed by atoms with Gasteiger partial charge in [-0.1, -0.05) is 30.7 Å². The number of carbonyl (C=O) groups excluding carboxylic acids is 1. The molecule has 0 radical (unpaired) electrons. The molecule has 0 amide bonds. The second kappa shape index (κ2) is 11.4. The van der Waals surface area contributed by atoms with Gasteiger partial charge in [-0.05, 0) is 48.9 Å². The van der Waals surface area contributed by atoms with Gasteiger partial charge in [-0.2, -0.15) is 0 Å². The summed E-state index contributed by atoms with van der Waals surface area (Å²) < 4.78 is 20.6. The monoisotopic (exact) mass is 474 g/mol.